The van der Waals surface area contributed by atoms with E-state index in [2.05, 4.69) is 42.5 Å². The van der Waals surface area contributed by atoms with Gasteiger partial charge in [-0.1, -0.05) is 13.8 Å². The number of methoxy groups -OCH3 is 1. The fourth-order valence-corrected chi connectivity index (χ4v) is 3.56. The van der Waals surface area contributed by atoms with Gasteiger partial charge in [-0.25, -0.2) is 0 Å². The quantitative estimate of drug-likeness (QED) is 0.505. The van der Waals surface area contributed by atoms with Gasteiger partial charge in [0.1, 0.15) is 11.6 Å². The first kappa shape index (κ1) is 22.9. The molecule has 150 valence electrons. The lowest BCUT2D eigenvalue weighted by atomic mass is 10.1. The standard InChI is InChI=1S/C21H34N4O2/c1-8-24(9-2)16(4)13-23-21(26)20(12-22)11-19-10-15(3)25(18(19)6)17(5)14-27-7/h10-11,16-17H,8-9,13-14H2,1-7H3,(H,23,26)/b20-11+. The van der Waals surface area contributed by atoms with Gasteiger partial charge in [0, 0.05) is 31.1 Å². The molecule has 6 heteroatoms. The molecule has 0 bridgehead atoms. The Morgan fingerprint density at radius 1 is 1.37 bits per heavy atom. The smallest absolute Gasteiger partial charge is 0.262 e. The summed E-state index contributed by atoms with van der Waals surface area (Å²) in [6.07, 6.45) is 1.68. The van der Waals surface area contributed by atoms with Crippen molar-refractivity contribution < 1.29 is 9.53 Å². The van der Waals surface area contributed by atoms with Crippen LogP contribution in [-0.2, 0) is 9.53 Å². The summed E-state index contributed by atoms with van der Waals surface area (Å²) in [5.74, 6) is -0.328. The van der Waals surface area contributed by atoms with E-state index in [4.69, 9.17) is 4.74 Å². The number of nitrogens with zero attached hydrogens (tertiary/aromatic N) is 3. The molecule has 27 heavy (non-hydrogen) atoms. The molecule has 1 aromatic rings. The molecular formula is C21H34N4O2. The van der Waals surface area contributed by atoms with Crippen LogP contribution < -0.4 is 5.32 Å². The molecule has 0 fully saturated rings. The van der Waals surface area contributed by atoms with Gasteiger partial charge in [0.2, 0.25) is 0 Å². The van der Waals surface area contributed by atoms with Crippen LogP contribution in [-0.4, -0.2) is 54.8 Å². The van der Waals surface area contributed by atoms with E-state index < -0.39 is 0 Å². The highest BCUT2D eigenvalue weighted by Crippen LogP contribution is 2.22. The average Bonchev–Trinajstić information content (AvgIpc) is 2.92. The van der Waals surface area contributed by atoms with Gasteiger partial charge in [-0.2, -0.15) is 5.26 Å². The number of carbonyl (C=O) groups is 1. The van der Waals surface area contributed by atoms with Crippen LogP contribution in [0.25, 0.3) is 6.08 Å². The fraction of sp³-hybridized carbons (Fsp3) is 0.619. The van der Waals surface area contributed by atoms with E-state index in [1.807, 2.05) is 26.0 Å². The van der Waals surface area contributed by atoms with Crippen molar-refractivity contribution in [1.82, 2.24) is 14.8 Å². The van der Waals surface area contributed by atoms with Crippen molar-refractivity contribution in [1.29, 1.82) is 5.26 Å². The topological polar surface area (TPSA) is 70.3 Å². The maximum Gasteiger partial charge on any atom is 0.262 e. The molecule has 0 aliphatic carbocycles. The predicted octanol–water partition coefficient (Wildman–Crippen LogP) is 3.07. The van der Waals surface area contributed by atoms with Gasteiger partial charge in [-0.15, -0.1) is 0 Å². The molecule has 2 unspecified atom stereocenters. The van der Waals surface area contributed by atoms with Crippen molar-refractivity contribution in [3.05, 3.63) is 28.6 Å². The number of likely N-dealkylation sites (N-methyl/N-ethyl adjacent to an activating group) is 1. The third-order valence-corrected chi connectivity index (χ3v) is 5.03. The van der Waals surface area contributed by atoms with Gasteiger partial charge in [0.15, 0.2) is 0 Å². The van der Waals surface area contributed by atoms with E-state index in [0.717, 1.165) is 30.0 Å². The first-order chi connectivity index (χ1) is 12.8. The zero-order valence-corrected chi connectivity index (χ0v) is 17.8. The van der Waals surface area contributed by atoms with Crippen LogP contribution in [0.3, 0.4) is 0 Å². The number of hydrogen-bond acceptors (Lipinski definition) is 4. The molecule has 1 aromatic heterocycles. The van der Waals surface area contributed by atoms with Gasteiger partial charge < -0.3 is 14.6 Å². The number of carbonyl (C=O) groups excluding carboxylic acids is 1. The minimum Gasteiger partial charge on any atom is -0.383 e. The Balaban J connectivity index is 2.96. The molecule has 0 saturated carbocycles. The number of rotatable bonds is 10. The molecule has 1 heterocycles. The second-order valence-corrected chi connectivity index (χ2v) is 6.95. The van der Waals surface area contributed by atoms with Crippen molar-refractivity contribution >= 4 is 12.0 Å². The van der Waals surface area contributed by atoms with Gasteiger partial charge in [-0.3, -0.25) is 9.69 Å². The van der Waals surface area contributed by atoms with Crippen molar-refractivity contribution in [2.45, 2.75) is 53.6 Å². The van der Waals surface area contributed by atoms with Gasteiger partial charge in [-0.05, 0) is 58.5 Å². The van der Waals surface area contributed by atoms with E-state index in [-0.39, 0.29) is 23.6 Å². The van der Waals surface area contributed by atoms with Crippen LogP contribution in [0.1, 0.15) is 50.7 Å². The molecule has 1 amide bonds. The van der Waals surface area contributed by atoms with Crippen LogP contribution in [0.2, 0.25) is 0 Å². The Kier molecular flexibility index (Phi) is 9.27. The van der Waals surface area contributed by atoms with Crippen molar-refractivity contribution in [3.8, 4) is 6.07 Å². The fourth-order valence-electron chi connectivity index (χ4n) is 3.56. The normalized spacial score (nSPS) is 14.1. The second kappa shape index (κ2) is 10.9. The number of nitrogens with one attached hydrogen (secondary N) is 1. The van der Waals surface area contributed by atoms with E-state index in [0.29, 0.717) is 13.2 Å². The summed E-state index contributed by atoms with van der Waals surface area (Å²) in [6, 6.07) is 4.46. The highest BCUT2D eigenvalue weighted by atomic mass is 16.5. The Bertz CT molecular complexity index is 696. The maximum atomic E-state index is 12.5. The maximum absolute atomic E-state index is 12.5. The molecule has 0 saturated heterocycles. The molecule has 0 radical (unpaired) electrons. The van der Waals surface area contributed by atoms with E-state index in [1.54, 1.807) is 13.2 Å². The van der Waals surface area contributed by atoms with Crippen LogP contribution >= 0.6 is 0 Å². The Morgan fingerprint density at radius 3 is 2.52 bits per heavy atom. The first-order valence-corrected chi connectivity index (χ1v) is 9.61. The number of aryl methyl sites for hydroxylation is 1. The lowest BCUT2D eigenvalue weighted by Crippen LogP contribution is -2.42. The largest absolute Gasteiger partial charge is 0.383 e. The number of nitriles is 1. The van der Waals surface area contributed by atoms with E-state index in [1.165, 1.54) is 0 Å². The van der Waals surface area contributed by atoms with Crippen LogP contribution in [0.5, 0.6) is 0 Å². The minimum atomic E-state index is -0.328. The first-order valence-electron chi connectivity index (χ1n) is 9.61. The van der Waals surface area contributed by atoms with Gasteiger partial charge in [0.25, 0.3) is 5.91 Å². The van der Waals surface area contributed by atoms with E-state index >= 15 is 0 Å². The summed E-state index contributed by atoms with van der Waals surface area (Å²) in [4.78, 5) is 14.7. The Labute approximate surface area is 163 Å². The highest BCUT2D eigenvalue weighted by molar-refractivity contribution is 6.01. The monoisotopic (exact) mass is 374 g/mol. The minimum absolute atomic E-state index is 0.126. The molecule has 1 rings (SSSR count). The molecule has 0 aliphatic rings. The van der Waals surface area contributed by atoms with Crippen molar-refractivity contribution in [3.63, 3.8) is 0 Å². The number of ether oxygens (including phenoxy) is 1. The molecule has 1 N–H and O–H groups in total. The summed E-state index contributed by atoms with van der Waals surface area (Å²) in [5, 5.41) is 12.4. The summed E-state index contributed by atoms with van der Waals surface area (Å²) in [6.45, 7) is 15.4. The molecule has 0 spiro atoms. The highest BCUT2D eigenvalue weighted by Gasteiger charge is 2.17. The number of amides is 1. The Morgan fingerprint density at radius 2 is 2.00 bits per heavy atom. The number of aromatic nitrogens is 1. The number of hydrogen-bond donors (Lipinski definition) is 1. The van der Waals surface area contributed by atoms with Crippen molar-refractivity contribution in [2.24, 2.45) is 0 Å². The molecule has 6 nitrogen and oxygen atoms in total. The summed E-state index contributed by atoms with van der Waals surface area (Å²) in [7, 11) is 1.68. The summed E-state index contributed by atoms with van der Waals surface area (Å²) >= 11 is 0. The third-order valence-electron chi connectivity index (χ3n) is 5.03. The lowest BCUT2D eigenvalue weighted by molar-refractivity contribution is -0.117. The van der Waals surface area contributed by atoms with Crippen LogP contribution in [0, 0.1) is 25.2 Å². The second-order valence-electron chi connectivity index (χ2n) is 6.95. The summed E-state index contributed by atoms with van der Waals surface area (Å²) in [5.41, 5.74) is 3.12. The summed E-state index contributed by atoms with van der Waals surface area (Å²) < 4.78 is 7.42. The average molecular weight is 375 g/mol. The van der Waals surface area contributed by atoms with E-state index in [9.17, 15) is 10.1 Å². The zero-order valence-electron chi connectivity index (χ0n) is 17.8. The molecule has 0 aromatic carbocycles. The third kappa shape index (κ3) is 5.95. The lowest BCUT2D eigenvalue weighted by Gasteiger charge is -2.26. The van der Waals surface area contributed by atoms with Crippen LogP contribution in [0.4, 0.5) is 0 Å². The van der Waals surface area contributed by atoms with Crippen LogP contribution in [0.15, 0.2) is 11.6 Å². The zero-order chi connectivity index (χ0) is 20.6. The van der Waals surface area contributed by atoms with Gasteiger partial charge >= 0.3 is 0 Å². The van der Waals surface area contributed by atoms with Crippen molar-refractivity contribution in [2.75, 3.05) is 33.4 Å². The Hall–Kier alpha value is -2.10. The SMILES string of the molecule is CCN(CC)C(C)CNC(=O)/C(C#N)=C/c1cc(C)n(C(C)COC)c1C. The molecular weight excluding hydrogens is 340 g/mol. The predicted molar refractivity (Wildman–Crippen MR) is 109 cm³/mol. The van der Waals surface area contributed by atoms with Gasteiger partial charge in [0.05, 0.1) is 12.6 Å². The molecule has 2 atom stereocenters. The molecule has 0 aliphatic heterocycles.